The lowest BCUT2D eigenvalue weighted by Gasteiger charge is -2.42. The molecule has 1 N–H and O–H groups in total. The number of rotatable bonds is 2. The van der Waals surface area contributed by atoms with Gasteiger partial charge in [-0.15, -0.1) is 0 Å². The molecule has 0 saturated heterocycles. The number of allylic oxidation sites excluding steroid dienone is 4. The highest BCUT2D eigenvalue weighted by Gasteiger charge is 2.42. The van der Waals surface area contributed by atoms with E-state index in [1.807, 2.05) is 0 Å². The van der Waals surface area contributed by atoms with E-state index >= 15 is 0 Å². The smallest absolute Gasteiger partial charge is 0.133 e. The molecule has 0 unspecified atom stereocenters. The van der Waals surface area contributed by atoms with Crippen LogP contribution in [0.1, 0.15) is 27.7 Å². The van der Waals surface area contributed by atoms with Crippen molar-refractivity contribution in [3.63, 3.8) is 0 Å². The molecule has 1 nitrogen and oxygen atoms in total. The van der Waals surface area contributed by atoms with E-state index in [9.17, 15) is 0 Å². The molecule has 0 fully saturated rings. The van der Waals surface area contributed by atoms with Gasteiger partial charge in [0.2, 0.25) is 0 Å². The Bertz CT molecular complexity index is 257. The first-order chi connectivity index (χ1) is 6.16. The Morgan fingerprint density at radius 1 is 1.07 bits per heavy atom. The van der Waals surface area contributed by atoms with Crippen molar-refractivity contribution < 1.29 is 0 Å². The third-order valence-electron chi connectivity index (χ3n) is 3.03. The lowest BCUT2D eigenvalue weighted by molar-refractivity contribution is 0.504. The van der Waals surface area contributed by atoms with Crippen LogP contribution in [-0.4, -0.2) is 13.8 Å². The van der Waals surface area contributed by atoms with Gasteiger partial charge in [-0.1, -0.05) is 44.3 Å². The van der Waals surface area contributed by atoms with E-state index < -0.39 is 8.24 Å². The maximum absolute atomic E-state index is 3.81. The van der Waals surface area contributed by atoms with Gasteiger partial charge < -0.3 is 4.98 Å². The average molecular weight is 209 g/mol. The molecule has 0 aromatic carbocycles. The van der Waals surface area contributed by atoms with Gasteiger partial charge in [0.25, 0.3) is 0 Å². The van der Waals surface area contributed by atoms with Crippen molar-refractivity contribution >= 4 is 8.24 Å². The van der Waals surface area contributed by atoms with Crippen LogP contribution in [-0.2, 0) is 0 Å². The van der Waals surface area contributed by atoms with E-state index in [-0.39, 0.29) is 10.6 Å². The van der Waals surface area contributed by atoms with Crippen LogP contribution >= 0.6 is 0 Å². The first-order valence-corrected chi connectivity index (χ1v) is 8.33. The largest absolute Gasteiger partial charge is 0.332 e. The summed E-state index contributed by atoms with van der Waals surface area (Å²) in [5.41, 5.74) is 0.211. The molecule has 0 amide bonds. The summed E-state index contributed by atoms with van der Waals surface area (Å²) in [6.07, 6.45) is 8.99. The van der Waals surface area contributed by atoms with Gasteiger partial charge in [0.05, 0.1) is 0 Å². The zero-order valence-corrected chi connectivity index (χ0v) is 11.3. The molecule has 0 heterocycles. The molecule has 0 spiro atoms. The summed E-state index contributed by atoms with van der Waals surface area (Å²) in [5, 5.41) is 0.264. The second kappa shape index (κ2) is 3.35. The van der Waals surface area contributed by atoms with Crippen LogP contribution in [0.4, 0.5) is 0 Å². The van der Waals surface area contributed by atoms with Gasteiger partial charge in [-0.3, -0.25) is 0 Å². The van der Waals surface area contributed by atoms with Crippen molar-refractivity contribution in [1.82, 2.24) is 4.98 Å². The van der Waals surface area contributed by atoms with Crippen LogP contribution in [0, 0.1) is 0 Å². The van der Waals surface area contributed by atoms with Gasteiger partial charge >= 0.3 is 0 Å². The minimum atomic E-state index is -1.45. The Labute approximate surface area is 89.4 Å². The van der Waals surface area contributed by atoms with Crippen LogP contribution in [0.25, 0.3) is 0 Å². The van der Waals surface area contributed by atoms with Gasteiger partial charge in [0.1, 0.15) is 8.24 Å². The summed E-state index contributed by atoms with van der Waals surface area (Å²) in [4.78, 5) is 3.81. The predicted octanol–water partition coefficient (Wildman–Crippen LogP) is 3.47. The molecule has 1 aliphatic carbocycles. The van der Waals surface area contributed by atoms with Gasteiger partial charge in [0, 0.05) is 10.6 Å². The number of hydrogen-bond acceptors (Lipinski definition) is 1. The summed E-state index contributed by atoms with van der Waals surface area (Å²) in [6.45, 7) is 13.9. The Morgan fingerprint density at radius 3 is 1.86 bits per heavy atom. The molecule has 1 rings (SSSR count). The van der Waals surface area contributed by atoms with Gasteiger partial charge in [-0.05, 0) is 20.8 Å². The van der Waals surface area contributed by atoms with Crippen molar-refractivity contribution in [2.24, 2.45) is 0 Å². The zero-order valence-electron chi connectivity index (χ0n) is 10.3. The standard InChI is InChI=1S/C12H23NSi/c1-11(2,3)13-14(5,6)12(4)9-7-8-10-12/h7-10,13H,1-6H3. The normalized spacial score (nSPS) is 20.4. The lowest BCUT2D eigenvalue weighted by Crippen LogP contribution is -2.59. The van der Waals surface area contributed by atoms with Crippen molar-refractivity contribution in [3.8, 4) is 0 Å². The monoisotopic (exact) mass is 209 g/mol. The van der Waals surface area contributed by atoms with E-state index in [0.717, 1.165) is 0 Å². The number of hydrogen-bond donors (Lipinski definition) is 1. The molecule has 1 aliphatic rings. The van der Waals surface area contributed by atoms with E-state index in [2.05, 4.69) is 70.1 Å². The lowest BCUT2D eigenvalue weighted by atomic mass is 10.1. The van der Waals surface area contributed by atoms with Crippen LogP contribution in [0.3, 0.4) is 0 Å². The second-order valence-electron chi connectivity index (χ2n) is 6.00. The molecule has 0 aliphatic heterocycles. The summed E-state index contributed by atoms with van der Waals surface area (Å²) < 4.78 is 0. The molecular weight excluding hydrogens is 186 g/mol. The predicted molar refractivity (Wildman–Crippen MR) is 67.0 cm³/mol. The first-order valence-electron chi connectivity index (χ1n) is 5.33. The van der Waals surface area contributed by atoms with E-state index in [1.165, 1.54) is 0 Å². The Kier molecular flexibility index (Phi) is 2.81. The highest BCUT2D eigenvalue weighted by atomic mass is 28.3. The van der Waals surface area contributed by atoms with Gasteiger partial charge in [0.15, 0.2) is 0 Å². The zero-order chi connectivity index (χ0) is 11.0. The average Bonchev–Trinajstić information content (AvgIpc) is 2.31. The summed E-state index contributed by atoms with van der Waals surface area (Å²) in [5.74, 6) is 0. The third-order valence-corrected chi connectivity index (χ3v) is 7.43. The maximum atomic E-state index is 3.81. The van der Waals surface area contributed by atoms with E-state index in [4.69, 9.17) is 0 Å². The Balaban J connectivity index is 2.85. The van der Waals surface area contributed by atoms with Gasteiger partial charge in [-0.2, -0.15) is 0 Å². The minimum Gasteiger partial charge on any atom is -0.332 e. The fourth-order valence-corrected chi connectivity index (χ4v) is 5.23. The minimum absolute atomic E-state index is 0.211. The highest BCUT2D eigenvalue weighted by Crippen LogP contribution is 2.42. The summed E-state index contributed by atoms with van der Waals surface area (Å²) >= 11 is 0. The molecule has 0 aromatic rings. The Morgan fingerprint density at radius 2 is 1.50 bits per heavy atom. The molecule has 80 valence electrons. The maximum Gasteiger partial charge on any atom is 0.133 e. The van der Waals surface area contributed by atoms with Crippen LogP contribution < -0.4 is 4.98 Å². The fourth-order valence-electron chi connectivity index (χ4n) is 2.06. The van der Waals surface area contributed by atoms with Crippen LogP contribution in [0.15, 0.2) is 24.3 Å². The van der Waals surface area contributed by atoms with Gasteiger partial charge in [-0.25, -0.2) is 0 Å². The topological polar surface area (TPSA) is 12.0 Å². The molecule has 0 aromatic heterocycles. The molecule has 0 saturated carbocycles. The van der Waals surface area contributed by atoms with Crippen molar-refractivity contribution in [1.29, 1.82) is 0 Å². The Hall–Kier alpha value is -0.343. The van der Waals surface area contributed by atoms with Crippen LogP contribution in [0.5, 0.6) is 0 Å². The number of nitrogens with one attached hydrogen (secondary N) is 1. The summed E-state index contributed by atoms with van der Waals surface area (Å²) in [7, 11) is -1.45. The molecule has 2 heteroatoms. The fraction of sp³-hybridized carbons (Fsp3) is 0.667. The molecule has 14 heavy (non-hydrogen) atoms. The third kappa shape index (κ3) is 2.37. The van der Waals surface area contributed by atoms with Crippen molar-refractivity contribution in [3.05, 3.63) is 24.3 Å². The first kappa shape index (κ1) is 11.7. The van der Waals surface area contributed by atoms with E-state index in [1.54, 1.807) is 0 Å². The van der Waals surface area contributed by atoms with Crippen LogP contribution in [0.2, 0.25) is 18.1 Å². The van der Waals surface area contributed by atoms with Crippen molar-refractivity contribution in [2.75, 3.05) is 0 Å². The molecular formula is C12H23NSi. The molecule has 0 atom stereocenters. The van der Waals surface area contributed by atoms with Crippen molar-refractivity contribution in [2.45, 2.75) is 51.4 Å². The SMILES string of the molecule is CC(C)(C)N[Si](C)(C)C1(C)C=CC=C1. The highest BCUT2D eigenvalue weighted by molar-refractivity contribution is 6.79. The quantitative estimate of drug-likeness (QED) is 0.687. The summed E-state index contributed by atoms with van der Waals surface area (Å²) in [6, 6.07) is 0. The second-order valence-corrected chi connectivity index (χ2v) is 10.6. The molecule has 0 radical (unpaired) electrons. The molecule has 0 bridgehead atoms. The van der Waals surface area contributed by atoms with E-state index in [0.29, 0.717) is 0 Å².